The van der Waals surface area contributed by atoms with Crippen molar-refractivity contribution in [2.45, 2.75) is 19.4 Å². The van der Waals surface area contributed by atoms with Crippen LogP contribution in [0.4, 0.5) is 5.69 Å². The molecule has 5 nitrogen and oxygen atoms in total. The number of aromatic nitrogens is 1. The van der Waals surface area contributed by atoms with Crippen LogP contribution in [0.25, 0.3) is 10.2 Å². The summed E-state index contributed by atoms with van der Waals surface area (Å²) in [6.45, 7) is 4.93. The summed E-state index contributed by atoms with van der Waals surface area (Å²) in [6.07, 6.45) is 0.803. The summed E-state index contributed by atoms with van der Waals surface area (Å²) < 4.78 is 6.57. The maximum Gasteiger partial charge on any atom is 0.241 e. The number of fused-ring (bicyclic) bond motifs is 1. The third-order valence-electron chi connectivity index (χ3n) is 4.89. The number of nitrogens with zero attached hydrogens (tertiary/aromatic N) is 2. The summed E-state index contributed by atoms with van der Waals surface area (Å²) in [5.74, 6) is 0.0239. The van der Waals surface area contributed by atoms with E-state index in [0.717, 1.165) is 35.7 Å². The minimum atomic E-state index is -0.156. The van der Waals surface area contributed by atoms with Crippen LogP contribution in [0.5, 0.6) is 0 Å². The highest BCUT2D eigenvalue weighted by atomic mass is 32.1. The number of morpholine rings is 1. The second-order valence-corrected chi connectivity index (χ2v) is 7.88. The molecule has 1 amide bonds. The molecule has 1 saturated heterocycles. The molecule has 0 unspecified atom stereocenters. The van der Waals surface area contributed by atoms with Gasteiger partial charge in [0.1, 0.15) is 0 Å². The molecule has 0 radical (unpaired) electrons. The van der Waals surface area contributed by atoms with Crippen LogP contribution < -0.4 is 5.32 Å². The molecule has 0 spiro atoms. The van der Waals surface area contributed by atoms with E-state index < -0.39 is 0 Å². The average molecular weight is 382 g/mol. The molecule has 1 aliphatic rings. The number of amides is 1. The molecule has 4 rings (SSSR count). The van der Waals surface area contributed by atoms with E-state index in [4.69, 9.17) is 4.74 Å². The number of anilines is 1. The van der Waals surface area contributed by atoms with E-state index in [0.29, 0.717) is 13.2 Å². The van der Waals surface area contributed by atoms with Gasteiger partial charge in [0.15, 0.2) is 0 Å². The second kappa shape index (κ2) is 8.17. The summed E-state index contributed by atoms with van der Waals surface area (Å²) in [5.41, 5.74) is 3.07. The first-order valence-corrected chi connectivity index (χ1v) is 10.1. The third-order valence-corrected chi connectivity index (χ3v) is 5.92. The Labute approximate surface area is 163 Å². The number of benzene rings is 2. The Bertz CT molecular complexity index is 884. The fourth-order valence-electron chi connectivity index (χ4n) is 3.25. The number of ether oxygens (including phenoxy) is 1. The highest BCUT2D eigenvalue weighted by molar-refractivity contribution is 7.18. The van der Waals surface area contributed by atoms with Crippen LogP contribution in [-0.4, -0.2) is 48.1 Å². The van der Waals surface area contributed by atoms with E-state index in [1.165, 1.54) is 10.3 Å². The third kappa shape index (κ3) is 4.35. The fraction of sp³-hybridized carbons (Fsp3) is 0.333. The van der Waals surface area contributed by atoms with Crippen LogP contribution in [0.3, 0.4) is 0 Å². The number of nitrogens with one attached hydrogen (secondary N) is 1. The number of thiazole rings is 1. The number of para-hydroxylation sites is 1. The van der Waals surface area contributed by atoms with E-state index in [-0.39, 0.29) is 11.9 Å². The van der Waals surface area contributed by atoms with E-state index in [1.54, 1.807) is 11.3 Å². The topological polar surface area (TPSA) is 54.5 Å². The molecule has 1 atom stereocenters. The van der Waals surface area contributed by atoms with Crippen LogP contribution in [0.1, 0.15) is 17.5 Å². The molecule has 27 heavy (non-hydrogen) atoms. The van der Waals surface area contributed by atoms with E-state index in [1.807, 2.05) is 37.3 Å². The van der Waals surface area contributed by atoms with Crippen molar-refractivity contribution in [1.29, 1.82) is 0 Å². The van der Waals surface area contributed by atoms with Crippen molar-refractivity contribution >= 4 is 33.1 Å². The molecule has 0 bridgehead atoms. The van der Waals surface area contributed by atoms with Gasteiger partial charge in [-0.1, -0.05) is 24.3 Å². The smallest absolute Gasteiger partial charge is 0.241 e. The molecular weight excluding hydrogens is 358 g/mol. The Kier molecular flexibility index (Phi) is 5.48. The van der Waals surface area contributed by atoms with Crippen molar-refractivity contribution in [2.24, 2.45) is 0 Å². The SMILES string of the molecule is C[C@@H](C(=O)Nc1ccc(Cc2nc3ccccc3s2)cc1)N1CCOCC1. The Morgan fingerprint density at radius 1 is 1.19 bits per heavy atom. The van der Waals surface area contributed by atoms with Gasteiger partial charge in [0.05, 0.1) is 34.5 Å². The molecule has 6 heteroatoms. The number of carbonyl (C=O) groups excluding carboxylic acids is 1. The normalized spacial score (nSPS) is 16.3. The Balaban J connectivity index is 1.37. The minimum absolute atomic E-state index is 0.0239. The average Bonchev–Trinajstić information content (AvgIpc) is 3.12. The van der Waals surface area contributed by atoms with Crippen molar-refractivity contribution < 1.29 is 9.53 Å². The van der Waals surface area contributed by atoms with Crippen molar-refractivity contribution in [3.05, 3.63) is 59.1 Å². The molecule has 1 fully saturated rings. The van der Waals surface area contributed by atoms with Crippen LogP contribution in [0, 0.1) is 0 Å². The van der Waals surface area contributed by atoms with Gasteiger partial charge in [-0.25, -0.2) is 4.98 Å². The highest BCUT2D eigenvalue weighted by Gasteiger charge is 2.23. The first-order chi connectivity index (χ1) is 13.2. The molecular formula is C21H23N3O2S. The lowest BCUT2D eigenvalue weighted by atomic mass is 10.1. The maximum absolute atomic E-state index is 12.5. The molecule has 2 heterocycles. The zero-order valence-electron chi connectivity index (χ0n) is 15.4. The van der Waals surface area contributed by atoms with Gasteiger partial charge in [-0.2, -0.15) is 0 Å². The molecule has 140 valence electrons. The summed E-state index contributed by atoms with van der Waals surface area (Å²) in [5, 5.41) is 4.12. The van der Waals surface area contributed by atoms with Gasteiger partial charge < -0.3 is 10.1 Å². The Morgan fingerprint density at radius 2 is 1.93 bits per heavy atom. The quantitative estimate of drug-likeness (QED) is 0.734. The first kappa shape index (κ1) is 18.1. The lowest BCUT2D eigenvalue weighted by Gasteiger charge is -2.31. The second-order valence-electron chi connectivity index (χ2n) is 6.76. The predicted molar refractivity (Wildman–Crippen MR) is 109 cm³/mol. The maximum atomic E-state index is 12.5. The van der Waals surface area contributed by atoms with E-state index >= 15 is 0 Å². The number of hydrogen-bond donors (Lipinski definition) is 1. The van der Waals surface area contributed by atoms with Gasteiger partial charge in [0.2, 0.25) is 5.91 Å². The monoisotopic (exact) mass is 381 g/mol. The van der Waals surface area contributed by atoms with Crippen LogP contribution in [0.2, 0.25) is 0 Å². The van der Waals surface area contributed by atoms with Crippen LogP contribution in [0.15, 0.2) is 48.5 Å². The Hall–Kier alpha value is -2.28. The van der Waals surface area contributed by atoms with Gasteiger partial charge in [-0.05, 0) is 36.8 Å². The zero-order chi connectivity index (χ0) is 18.6. The lowest BCUT2D eigenvalue weighted by Crippen LogP contribution is -2.47. The highest BCUT2D eigenvalue weighted by Crippen LogP contribution is 2.24. The number of rotatable bonds is 5. The van der Waals surface area contributed by atoms with E-state index in [2.05, 4.69) is 33.4 Å². The van der Waals surface area contributed by atoms with Crippen LogP contribution in [-0.2, 0) is 16.0 Å². The summed E-state index contributed by atoms with van der Waals surface area (Å²) in [7, 11) is 0. The summed E-state index contributed by atoms with van der Waals surface area (Å²) in [4.78, 5) is 19.3. The molecule has 3 aromatic rings. The van der Waals surface area contributed by atoms with Gasteiger partial charge in [0, 0.05) is 25.2 Å². The zero-order valence-corrected chi connectivity index (χ0v) is 16.2. The predicted octanol–water partition coefficient (Wildman–Crippen LogP) is 3.55. The molecule has 1 N–H and O–H groups in total. The lowest BCUT2D eigenvalue weighted by molar-refractivity contribution is -0.122. The molecule has 0 aliphatic carbocycles. The van der Waals surface area contributed by atoms with Gasteiger partial charge in [0.25, 0.3) is 0 Å². The number of hydrogen-bond acceptors (Lipinski definition) is 5. The first-order valence-electron chi connectivity index (χ1n) is 9.25. The van der Waals surface area contributed by atoms with Crippen molar-refractivity contribution in [3.63, 3.8) is 0 Å². The van der Waals surface area contributed by atoms with Gasteiger partial charge in [-0.15, -0.1) is 11.3 Å². The van der Waals surface area contributed by atoms with Gasteiger partial charge in [-0.3, -0.25) is 9.69 Å². The summed E-state index contributed by atoms with van der Waals surface area (Å²) in [6, 6.07) is 16.1. The molecule has 1 aliphatic heterocycles. The molecule has 0 saturated carbocycles. The van der Waals surface area contributed by atoms with Crippen molar-refractivity contribution in [1.82, 2.24) is 9.88 Å². The van der Waals surface area contributed by atoms with E-state index in [9.17, 15) is 4.79 Å². The summed E-state index contributed by atoms with van der Waals surface area (Å²) >= 11 is 1.73. The minimum Gasteiger partial charge on any atom is -0.379 e. The van der Waals surface area contributed by atoms with Gasteiger partial charge >= 0.3 is 0 Å². The van der Waals surface area contributed by atoms with Crippen molar-refractivity contribution in [3.8, 4) is 0 Å². The van der Waals surface area contributed by atoms with Crippen LogP contribution >= 0.6 is 11.3 Å². The number of carbonyl (C=O) groups is 1. The van der Waals surface area contributed by atoms with Crippen molar-refractivity contribution in [2.75, 3.05) is 31.6 Å². The standard InChI is InChI=1S/C21H23N3O2S/c1-15(24-10-12-26-13-11-24)21(25)22-17-8-6-16(7-9-17)14-20-23-18-4-2-3-5-19(18)27-20/h2-9,15H,10-14H2,1H3,(H,22,25)/t15-/m0/s1. The Morgan fingerprint density at radius 3 is 2.67 bits per heavy atom. The molecule has 2 aromatic carbocycles. The largest absolute Gasteiger partial charge is 0.379 e. The molecule has 1 aromatic heterocycles. The fourth-order valence-corrected chi connectivity index (χ4v) is 4.25.